The number of halogens is 3. The van der Waals surface area contributed by atoms with Crippen LogP contribution in [-0.4, -0.2) is 71.6 Å². The monoisotopic (exact) mass is 467 g/mol. The maximum absolute atomic E-state index is 13.6. The highest BCUT2D eigenvalue weighted by Gasteiger charge is 2.58. The Morgan fingerprint density at radius 1 is 1.09 bits per heavy atom. The summed E-state index contributed by atoms with van der Waals surface area (Å²) >= 11 is 0. The van der Waals surface area contributed by atoms with E-state index in [1.807, 2.05) is 6.92 Å². The standard InChI is InChI=1S/C24H32F3N3O3/c1-3-29-22(32)30(17(2)19-4-6-20(7-5-19)24(25,26)27)21(31)23(29)10-12-28(13-11-23)16-18-8-14-33-15-9-18/h4-7,17-18H,3,8-16H2,1-2H3. The smallest absolute Gasteiger partial charge is 0.381 e. The SMILES string of the molecule is CCN1C(=O)N(C(C)c2ccc(C(F)(F)F)cc2)C(=O)C12CCN(CC1CCOCC1)CC2. The molecule has 1 unspecified atom stereocenters. The summed E-state index contributed by atoms with van der Waals surface area (Å²) in [5, 5.41) is 0. The first kappa shape index (κ1) is 24.0. The number of rotatable bonds is 5. The number of piperidine rings is 1. The second-order valence-electron chi connectivity index (χ2n) is 9.39. The van der Waals surface area contributed by atoms with Gasteiger partial charge in [0.05, 0.1) is 11.6 Å². The molecular weight excluding hydrogens is 435 g/mol. The zero-order chi connectivity index (χ0) is 23.8. The largest absolute Gasteiger partial charge is 0.416 e. The second kappa shape index (κ2) is 9.25. The average Bonchev–Trinajstić information content (AvgIpc) is 3.00. The molecular formula is C24H32F3N3O3. The molecule has 0 aliphatic carbocycles. The molecule has 0 radical (unpaired) electrons. The highest BCUT2D eigenvalue weighted by atomic mass is 19.4. The lowest BCUT2D eigenvalue weighted by Gasteiger charge is -2.43. The van der Waals surface area contributed by atoms with Crippen molar-refractivity contribution < 1.29 is 27.5 Å². The van der Waals surface area contributed by atoms with Crippen molar-refractivity contribution in [2.24, 2.45) is 5.92 Å². The van der Waals surface area contributed by atoms with Gasteiger partial charge in [-0.3, -0.25) is 9.69 Å². The van der Waals surface area contributed by atoms with Crippen LogP contribution in [0.2, 0.25) is 0 Å². The summed E-state index contributed by atoms with van der Waals surface area (Å²) in [6, 6.07) is 3.71. The van der Waals surface area contributed by atoms with Gasteiger partial charge in [-0.05, 0) is 63.1 Å². The number of nitrogens with zero attached hydrogens (tertiary/aromatic N) is 3. The highest BCUT2D eigenvalue weighted by Crippen LogP contribution is 2.41. The summed E-state index contributed by atoms with van der Waals surface area (Å²) in [4.78, 5) is 32.2. The van der Waals surface area contributed by atoms with Crippen molar-refractivity contribution in [2.75, 3.05) is 39.4 Å². The molecule has 9 heteroatoms. The summed E-state index contributed by atoms with van der Waals surface area (Å²) in [7, 11) is 0. The summed E-state index contributed by atoms with van der Waals surface area (Å²) in [6.45, 7) is 8.07. The fourth-order valence-corrected chi connectivity index (χ4v) is 5.50. The highest BCUT2D eigenvalue weighted by molar-refractivity contribution is 6.07. The summed E-state index contributed by atoms with van der Waals surface area (Å²) < 4.78 is 44.2. The lowest BCUT2D eigenvalue weighted by Crippen LogP contribution is -2.57. The normalized spacial score (nSPS) is 23.5. The number of hydrogen-bond acceptors (Lipinski definition) is 4. The number of ether oxygens (including phenoxy) is 1. The number of likely N-dealkylation sites (tertiary alicyclic amines) is 1. The van der Waals surface area contributed by atoms with Gasteiger partial charge in [-0.2, -0.15) is 13.2 Å². The number of likely N-dealkylation sites (N-methyl/N-ethyl adjacent to an activating group) is 1. The zero-order valence-corrected chi connectivity index (χ0v) is 19.2. The Labute approximate surface area is 192 Å². The van der Waals surface area contributed by atoms with E-state index in [0.717, 1.165) is 57.8 Å². The van der Waals surface area contributed by atoms with Crippen molar-refractivity contribution in [2.45, 2.75) is 57.3 Å². The van der Waals surface area contributed by atoms with Gasteiger partial charge in [0.15, 0.2) is 0 Å². The van der Waals surface area contributed by atoms with Crippen molar-refractivity contribution in [3.63, 3.8) is 0 Å². The lowest BCUT2D eigenvalue weighted by atomic mass is 9.85. The molecule has 0 saturated carbocycles. The van der Waals surface area contributed by atoms with E-state index in [2.05, 4.69) is 4.90 Å². The van der Waals surface area contributed by atoms with Crippen LogP contribution in [-0.2, 0) is 15.7 Å². The van der Waals surface area contributed by atoms with Gasteiger partial charge in [0.2, 0.25) is 0 Å². The van der Waals surface area contributed by atoms with Gasteiger partial charge >= 0.3 is 12.2 Å². The van der Waals surface area contributed by atoms with Crippen LogP contribution in [0.15, 0.2) is 24.3 Å². The topological polar surface area (TPSA) is 53.1 Å². The maximum atomic E-state index is 13.6. The molecule has 33 heavy (non-hydrogen) atoms. The molecule has 3 fully saturated rings. The molecule has 1 aromatic carbocycles. The molecule has 3 saturated heterocycles. The number of imide groups is 1. The molecule has 1 atom stereocenters. The number of benzene rings is 1. The number of urea groups is 1. The third-order valence-electron chi connectivity index (χ3n) is 7.53. The van der Waals surface area contributed by atoms with Crippen LogP contribution >= 0.6 is 0 Å². The van der Waals surface area contributed by atoms with Crippen LogP contribution in [0.25, 0.3) is 0 Å². The van der Waals surface area contributed by atoms with Crippen LogP contribution in [0, 0.1) is 5.92 Å². The van der Waals surface area contributed by atoms with Crippen molar-refractivity contribution in [3.05, 3.63) is 35.4 Å². The molecule has 0 aromatic heterocycles. The van der Waals surface area contributed by atoms with E-state index >= 15 is 0 Å². The van der Waals surface area contributed by atoms with Crippen molar-refractivity contribution in [3.8, 4) is 0 Å². The molecule has 1 aromatic rings. The van der Waals surface area contributed by atoms with Crippen LogP contribution in [0.1, 0.15) is 56.7 Å². The predicted molar refractivity (Wildman–Crippen MR) is 116 cm³/mol. The third-order valence-corrected chi connectivity index (χ3v) is 7.53. The Morgan fingerprint density at radius 2 is 1.70 bits per heavy atom. The first-order valence-electron chi connectivity index (χ1n) is 11.8. The van der Waals surface area contributed by atoms with Gasteiger partial charge in [-0.15, -0.1) is 0 Å². The van der Waals surface area contributed by atoms with Gasteiger partial charge in [-0.1, -0.05) is 12.1 Å². The van der Waals surface area contributed by atoms with Crippen molar-refractivity contribution in [1.82, 2.24) is 14.7 Å². The van der Waals surface area contributed by atoms with E-state index in [9.17, 15) is 22.8 Å². The first-order valence-corrected chi connectivity index (χ1v) is 11.8. The van der Waals surface area contributed by atoms with Crippen molar-refractivity contribution >= 4 is 11.9 Å². The molecule has 1 spiro atoms. The Bertz CT molecular complexity index is 860. The Morgan fingerprint density at radius 3 is 2.24 bits per heavy atom. The Kier molecular flexibility index (Phi) is 6.73. The fourth-order valence-electron chi connectivity index (χ4n) is 5.50. The molecule has 3 amide bonds. The van der Waals surface area contributed by atoms with Gasteiger partial charge in [0, 0.05) is 39.4 Å². The molecule has 3 aliphatic heterocycles. The van der Waals surface area contributed by atoms with E-state index in [-0.39, 0.29) is 11.9 Å². The number of carbonyl (C=O) groups is 2. The van der Waals surface area contributed by atoms with Gasteiger partial charge in [-0.25, -0.2) is 4.79 Å². The minimum atomic E-state index is -4.43. The summed E-state index contributed by atoms with van der Waals surface area (Å²) in [6.07, 6.45) is -1.17. The fraction of sp³-hybridized carbons (Fsp3) is 0.667. The van der Waals surface area contributed by atoms with E-state index < -0.39 is 23.3 Å². The lowest BCUT2D eigenvalue weighted by molar-refractivity contribution is -0.138. The third kappa shape index (κ3) is 4.49. The maximum Gasteiger partial charge on any atom is 0.416 e. The second-order valence-corrected chi connectivity index (χ2v) is 9.39. The van der Waals surface area contributed by atoms with E-state index in [1.165, 1.54) is 17.0 Å². The van der Waals surface area contributed by atoms with Crippen LogP contribution in [0.3, 0.4) is 0 Å². The van der Waals surface area contributed by atoms with Gasteiger partial charge in [0.25, 0.3) is 5.91 Å². The number of amides is 3. The van der Waals surface area contributed by atoms with Crippen LogP contribution in [0.5, 0.6) is 0 Å². The first-order chi connectivity index (χ1) is 15.7. The molecule has 3 heterocycles. The minimum absolute atomic E-state index is 0.229. The Balaban J connectivity index is 1.48. The zero-order valence-electron chi connectivity index (χ0n) is 19.2. The minimum Gasteiger partial charge on any atom is -0.381 e. The predicted octanol–water partition coefficient (Wildman–Crippen LogP) is 4.31. The molecule has 182 valence electrons. The van der Waals surface area contributed by atoms with E-state index in [0.29, 0.717) is 30.9 Å². The Hall–Kier alpha value is -2.13. The van der Waals surface area contributed by atoms with E-state index in [1.54, 1.807) is 11.8 Å². The molecule has 0 bridgehead atoms. The van der Waals surface area contributed by atoms with Gasteiger partial charge < -0.3 is 14.5 Å². The van der Waals surface area contributed by atoms with Gasteiger partial charge in [0.1, 0.15) is 5.54 Å². The molecule has 6 nitrogen and oxygen atoms in total. The molecule has 0 N–H and O–H groups in total. The number of alkyl halides is 3. The van der Waals surface area contributed by atoms with Crippen LogP contribution < -0.4 is 0 Å². The van der Waals surface area contributed by atoms with Crippen LogP contribution in [0.4, 0.5) is 18.0 Å². The van der Waals surface area contributed by atoms with E-state index in [4.69, 9.17) is 4.74 Å². The number of carbonyl (C=O) groups excluding carboxylic acids is 2. The number of hydrogen-bond donors (Lipinski definition) is 0. The summed E-state index contributed by atoms with van der Waals surface area (Å²) in [5.41, 5.74) is -1.10. The average molecular weight is 468 g/mol. The molecule has 3 aliphatic rings. The van der Waals surface area contributed by atoms with Crippen molar-refractivity contribution in [1.29, 1.82) is 0 Å². The quantitative estimate of drug-likeness (QED) is 0.606. The molecule has 4 rings (SSSR count). The summed E-state index contributed by atoms with van der Waals surface area (Å²) in [5.74, 6) is 0.375.